The predicted octanol–water partition coefficient (Wildman–Crippen LogP) is 2.61. The Balaban J connectivity index is 1.81. The van der Waals surface area contributed by atoms with Gasteiger partial charge in [-0.05, 0) is 65.6 Å². The first-order valence-electron chi connectivity index (χ1n) is 8.24. The standard InChI is InChI=1S/C18H21NO4S/c1-18-9-8-14-13-5-3-12(23-24(19,21)22)10-11(13)2-4-15(14)16(18)6-7-17(18)20/h2-5,10,16-17,20H,6-9H2,1H3,(H2,19,21,22)/t16?,17-,18-/m0/s1. The Bertz CT molecular complexity index is 924. The minimum atomic E-state index is -4.02. The molecule has 0 aliphatic heterocycles. The van der Waals surface area contributed by atoms with E-state index in [1.54, 1.807) is 12.1 Å². The van der Waals surface area contributed by atoms with Crippen LogP contribution in [0, 0.1) is 5.41 Å². The van der Waals surface area contributed by atoms with Gasteiger partial charge in [0.25, 0.3) is 0 Å². The summed E-state index contributed by atoms with van der Waals surface area (Å²) in [6.45, 7) is 2.20. The van der Waals surface area contributed by atoms with Crippen LogP contribution in [-0.2, 0) is 16.7 Å². The zero-order valence-corrected chi connectivity index (χ0v) is 14.3. The van der Waals surface area contributed by atoms with E-state index in [-0.39, 0.29) is 17.3 Å². The van der Waals surface area contributed by atoms with Crippen molar-refractivity contribution < 1.29 is 17.7 Å². The van der Waals surface area contributed by atoms with Gasteiger partial charge in [0.05, 0.1) is 6.10 Å². The van der Waals surface area contributed by atoms with Crippen LogP contribution in [0.1, 0.15) is 43.2 Å². The molecule has 128 valence electrons. The lowest BCUT2D eigenvalue weighted by molar-refractivity contribution is 0.0459. The summed E-state index contributed by atoms with van der Waals surface area (Å²) in [5.41, 5.74) is 2.61. The van der Waals surface area contributed by atoms with Gasteiger partial charge in [-0.15, -0.1) is 0 Å². The lowest BCUT2D eigenvalue weighted by Gasteiger charge is -2.40. The van der Waals surface area contributed by atoms with E-state index in [1.165, 1.54) is 11.1 Å². The third kappa shape index (κ3) is 2.41. The van der Waals surface area contributed by atoms with Gasteiger partial charge in [-0.2, -0.15) is 13.6 Å². The van der Waals surface area contributed by atoms with Crippen molar-refractivity contribution in [2.24, 2.45) is 10.6 Å². The fraction of sp³-hybridized carbons (Fsp3) is 0.444. The van der Waals surface area contributed by atoms with Crippen molar-refractivity contribution in [2.75, 3.05) is 0 Å². The number of hydrogen-bond donors (Lipinski definition) is 2. The van der Waals surface area contributed by atoms with Crippen LogP contribution in [0.2, 0.25) is 0 Å². The molecule has 0 bridgehead atoms. The van der Waals surface area contributed by atoms with E-state index in [0.717, 1.165) is 36.5 Å². The molecular weight excluding hydrogens is 326 g/mol. The number of benzene rings is 2. The molecular formula is C18H21NO4S. The summed E-state index contributed by atoms with van der Waals surface area (Å²) < 4.78 is 27.0. The Morgan fingerprint density at radius 1 is 1.25 bits per heavy atom. The molecule has 3 N–H and O–H groups in total. The Hall–Kier alpha value is -1.63. The first kappa shape index (κ1) is 15.9. The van der Waals surface area contributed by atoms with Crippen molar-refractivity contribution in [3.8, 4) is 5.75 Å². The molecule has 0 heterocycles. The predicted molar refractivity (Wildman–Crippen MR) is 92.1 cm³/mol. The maximum absolute atomic E-state index is 11.1. The van der Waals surface area contributed by atoms with Gasteiger partial charge < -0.3 is 9.29 Å². The van der Waals surface area contributed by atoms with Crippen LogP contribution < -0.4 is 9.32 Å². The molecule has 24 heavy (non-hydrogen) atoms. The quantitative estimate of drug-likeness (QED) is 0.874. The average molecular weight is 347 g/mol. The van der Waals surface area contributed by atoms with Crippen molar-refractivity contribution in [1.29, 1.82) is 0 Å². The van der Waals surface area contributed by atoms with Gasteiger partial charge in [-0.3, -0.25) is 0 Å². The van der Waals surface area contributed by atoms with Crippen LogP contribution in [0.25, 0.3) is 10.8 Å². The molecule has 0 saturated heterocycles. The molecule has 3 atom stereocenters. The van der Waals surface area contributed by atoms with E-state index < -0.39 is 10.3 Å². The van der Waals surface area contributed by atoms with Crippen molar-refractivity contribution in [2.45, 2.75) is 44.6 Å². The fourth-order valence-corrected chi connectivity index (χ4v) is 5.01. The minimum Gasteiger partial charge on any atom is -0.393 e. The zero-order valence-electron chi connectivity index (χ0n) is 13.5. The highest BCUT2D eigenvalue weighted by Crippen LogP contribution is 2.56. The lowest BCUT2D eigenvalue weighted by atomic mass is 9.65. The number of aliphatic hydroxyl groups is 1. The van der Waals surface area contributed by atoms with E-state index in [1.807, 2.05) is 12.1 Å². The van der Waals surface area contributed by atoms with Crippen molar-refractivity contribution in [3.05, 3.63) is 41.5 Å². The molecule has 0 amide bonds. The monoisotopic (exact) mass is 347 g/mol. The number of rotatable bonds is 2. The van der Waals surface area contributed by atoms with Gasteiger partial charge in [-0.1, -0.05) is 25.1 Å². The largest absolute Gasteiger partial charge is 0.393 e. The zero-order chi connectivity index (χ0) is 17.1. The summed E-state index contributed by atoms with van der Waals surface area (Å²) in [4.78, 5) is 0. The van der Waals surface area contributed by atoms with Crippen molar-refractivity contribution in [3.63, 3.8) is 0 Å². The first-order valence-corrected chi connectivity index (χ1v) is 9.71. The molecule has 0 aromatic heterocycles. The summed E-state index contributed by atoms with van der Waals surface area (Å²) in [5, 5.41) is 17.4. The molecule has 2 aromatic carbocycles. The van der Waals surface area contributed by atoms with Gasteiger partial charge in [0.1, 0.15) is 5.75 Å². The second-order valence-electron chi connectivity index (χ2n) is 7.24. The maximum atomic E-state index is 11.1. The maximum Gasteiger partial charge on any atom is 0.380 e. The summed E-state index contributed by atoms with van der Waals surface area (Å²) in [6.07, 6.45) is 3.55. The third-order valence-electron chi connectivity index (χ3n) is 5.93. The van der Waals surface area contributed by atoms with Gasteiger partial charge in [-0.25, -0.2) is 0 Å². The van der Waals surface area contributed by atoms with Crippen LogP contribution in [0.4, 0.5) is 0 Å². The molecule has 2 aliphatic carbocycles. The van der Waals surface area contributed by atoms with Crippen LogP contribution in [0.15, 0.2) is 30.3 Å². The third-order valence-corrected chi connectivity index (χ3v) is 6.35. The number of hydrogen-bond acceptors (Lipinski definition) is 4. The lowest BCUT2D eigenvalue weighted by Crippen LogP contribution is -2.35. The molecule has 6 heteroatoms. The molecule has 2 aliphatic rings. The normalized spacial score (nSPS) is 29.3. The second-order valence-corrected chi connectivity index (χ2v) is 8.40. The summed E-state index contributed by atoms with van der Waals surface area (Å²) in [6, 6.07) is 9.38. The van der Waals surface area contributed by atoms with Crippen LogP contribution in [-0.4, -0.2) is 19.6 Å². The Morgan fingerprint density at radius 2 is 2.04 bits per heavy atom. The van der Waals surface area contributed by atoms with E-state index >= 15 is 0 Å². The van der Waals surface area contributed by atoms with E-state index in [0.29, 0.717) is 5.92 Å². The number of nitrogens with two attached hydrogens (primary N) is 1. The van der Waals surface area contributed by atoms with Crippen LogP contribution in [0.3, 0.4) is 0 Å². The molecule has 1 fully saturated rings. The molecule has 0 radical (unpaired) electrons. The van der Waals surface area contributed by atoms with Gasteiger partial charge in [0.15, 0.2) is 0 Å². The van der Waals surface area contributed by atoms with E-state index in [2.05, 4.69) is 13.0 Å². The van der Waals surface area contributed by atoms with E-state index in [4.69, 9.17) is 9.32 Å². The molecule has 0 spiro atoms. The number of aliphatic hydroxyl groups excluding tert-OH is 1. The topological polar surface area (TPSA) is 89.6 Å². The molecule has 4 rings (SSSR count). The van der Waals surface area contributed by atoms with Gasteiger partial charge in [0.2, 0.25) is 0 Å². The minimum absolute atomic E-state index is 0.0304. The highest BCUT2D eigenvalue weighted by Gasteiger charge is 2.49. The van der Waals surface area contributed by atoms with Crippen LogP contribution >= 0.6 is 0 Å². The first-order chi connectivity index (χ1) is 11.3. The summed E-state index contributed by atoms with van der Waals surface area (Å²) >= 11 is 0. The van der Waals surface area contributed by atoms with Crippen LogP contribution in [0.5, 0.6) is 5.75 Å². The SMILES string of the molecule is C[C@]12CCc3c(ccc4cc(OS(N)(=O)=O)ccc34)C1CC[C@@H]2O. The second kappa shape index (κ2) is 5.18. The molecule has 1 saturated carbocycles. The number of aryl methyl sites for hydroxylation is 1. The Kier molecular flexibility index (Phi) is 3.43. The number of fused-ring (bicyclic) bond motifs is 5. The summed E-state index contributed by atoms with van der Waals surface area (Å²) in [5.74, 6) is 0.614. The van der Waals surface area contributed by atoms with E-state index in [9.17, 15) is 13.5 Å². The Labute approximate surface area is 141 Å². The van der Waals surface area contributed by atoms with Gasteiger partial charge in [0, 0.05) is 5.41 Å². The van der Waals surface area contributed by atoms with Crippen molar-refractivity contribution in [1.82, 2.24) is 0 Å². The highest BCUT2D eigenvalue weighted by molar-refractivity contribution is 7.84. The molecule has 1 unspecified atom stereocenters. The highest BCUT2D eigenvalue weighted by atomic mass is 32.2. The summed E-state index contributed by atoms with van der Waals surface area (Å²) in [7, 11) is -4.02. The molecule has 2 aromatic rings. The average Bonchev–Trinajstić information content (AvgIpc) is 2.81. The Morgan fingerprint density at radius 3 is 2.79 bits per heavy atom. The van der Waals surface area contributed by atoms with Crippen molar-refractivity contribution >= 4 is 21.1 Å². The fourth-order valence-electron chi connectivity index (χ4n) is 4.64. The molecule has 5 nitrogen and oxygen atoms in total. The smallest absolute Gasteiger partial charge is 0.380 e. The van der Waals surface area contributed by atoms with Gasteiger partial charge >= 0.3 is 10.3 Å².